The molecule has 1 atom stereocenters. The van der Waals surface area contributed by atoms with Crippen LogP contribution in [-0.4, -0.2) is 71.5 Å². The van der Waals surface area contributed by atoms with Crippen molar-refractivity contribution in [3.63, 3.8) is 0 Å². The fraction of sp³-hybridized carbons (Fsp3) is 0.833. The van der Waals surface area contributed by atoms with Crippen molar-refractivity contribution in [2.45, 2.75) is 57.2 Å². The lowest BCUT2D eigenvalue weighted by molar-refractivity contribution is -0.00670. The van der Waals surface area contributed by atoms with Gasteiger partial charge >= 0.3 is 6.03 Å². The zero-order valence-electron chi connectivity index (χ0n) is 15.3. The molecule has 4 heterocycles. The number of ether oxygens (including phenoxy) is 2. The van der Waals surface area contributed by atoms with E-state index in [9.17, 15) is 4.79 Å². The lowest BCUT2D eigenvalue weighted by Gasteiger charge is -2.34. The minimum absolute atomic E-state index is 0.0420. The maximum absolute atomic E-state index is 12.5. The highest BCUT2D eigenvalue weighted by Gasteiger charge is 2.29. The van der Waals surface area contributed by atoms with Crippen LogP contribution in [0.1, 0.15) is 56.2 Å². The molecule has 8 nitrogen and oxygen atoms in total. The minimum atomic E-state index is 0.0420. The number of hydrogen-bond acceptors (Lipinski definition) is 6. The molecule has 8 heteroatoms. The molecular weight excluding hydrogens is 336 g/mol. The topological polar surface area (TPSA) is 80.9 Å². The first kappa shape index (κ1) is 17.7. The number of aromatic nitrogens is 2. The standard InChI is InChI=1S/C18H28N4O4/c23-18(21-7-1-2-8-21)22-9-3-4-15(12-22)25-13-16-19-17(26-20-16)14-5-10-24-11-6-14/h14-15H,1-13H2. The smallest absolute Gasteiger partial charge is 0.320 e. The van der Waals surface area contributed by atoms with E-state index < -0.39 is 0 Å². The van der Waals surface area contributed by atoms with Gasteiger partial charge in [0.05, 0.1) is 6.10 Å². The summed E-state index contributed by atoms with van der Waals surface area (Å²) in [5.74, 6) is 1.59. The highest BCUT2D eigenvalue weighted by molar-refractivity contribution is 5.74. The first-order valence-corrected chi connectivity index (χ1v) is 9.85. The van der Waals surface area contributed by atoms with Gasteiger partial charge in [-0.3, -0.25) is 0 Å². The second-order valence-corrected chi connectivity index (χ2v) is 7.43. The number of rotatable bonds is 4. The third kappa shape index (κ3) is 4.17. The van der Waals surface area contributed by atoms with Gasteiger partial charge in [0.25, 0.3) is 0 Å². The third-order valence-electron chi connectivity index (χ3n) is 5.53. The molecular formula is C18H28N4O4. The van der Waals surface area contributed by atoms with Crippen molar-refractivity contribution in [1.82, 2.24) is 19.9 Å². The summed E-state index contributed by atoms with van der Waals surface area (Å²) >= 11 is 0. The Hall–Kier alpha value is -1.67. The van der Waals surface area contributed by atoms with Crippen molar-refractivity contribution in [1.29, 1.82) is 0 Å². The summed E-state index contributed by atoms with van der Waals surface area (Å²) in [6.45, 7) is 5.09. The van der Waals surface area contributed by atoms with Crippen LogP contribution in [0.3, 0.4) is 0 Å². The van der Waals surface area contributed by atoms with Crippen LogP contribution in [-0.2, 0) is 16.1 Å². The first-order chi connectivity index (χ1) is 12.8. The van der Waals surface area contributed by atoms with Crippen molar-refractivity contribution < 1.29 is 18.8 Å². The molecule has 26 heavy (non-hydrogen) atoms. The predicted octanol–water partition coefficient (Wildman–Crippen LogP) is 2.16. The van der Waals surface area contributed by atoms with Gasteiger partial charge in [-0.25, -0.2) is 4.79 Å². The van der Waals surface area contributed by atoms with E-state index in [1.165, 1.54) is 0 Å². The van der Waals surface area contributed by atoms with E-state index in [2.05, 4.69) is 10.1 Å². The molecule has 1 aromatic heterocycles. The summed E-state index contributed by atoms with van der Waals surface area (Å²) in [7, 11) is 0. The summed E-state index contributed by atoms with van der Waals surface area (Å²) < 4.78 is 16.8. The van der Waals surface area contributed by atoms with Crippen molar-refractivity contribution in [3.05, 3.63) is 11.7 Å². The van der Waals surface area contributed by atoms with Crippen molar-refractivity contribution in [3.8, 4) is 0 Å². The number of likely N-dealkylation sites (tertiary alicyclic amines) is 2. The molecule has 3 aliphatic rings. The normalized spacial score (nSPS) is 25.0. The largest absolute Gasteiger partial charge is 0.381 e. The van der Waals surface area contributed by atoms with Crippen molar-refractivity contribution in [2.24, 2.45) is 0 Å². The fourth-order valence-electron chi connectivity index (χ4n) is 3.99. The second-order valence-electron chi connectivity index (χ2n) is 7.43. The number of amides is 2. The van der Waals surface area contributed by atoms with E-state index in [1.807, 2.05) is 9.80 Å². The van der Waals surface area contributed by atoms with Crippen molar-refractivity contribution >= 4 is 6.03 Å². The molecule has 0 aliphatic carbocycles. The zero-order chi connectivity index (χ0) is 17.8. The molecule has 0 spiro atoms. The van der Waals surface area contributed by atoms with Crippen LogP contribution in [0.15, 0.2) is 4.52 Å². The Labute approximate surface area is 153 Å². The van der Waals surface area contributed by atoms with E-state index >= 15 is 0 Å². The summed E-state index contributed by atoms with van der Waals surface area (Å²) in [6.07, 6.45) is 6.08. The molecule has 0 bridgehead atoms. The molecule has 3 fully saturated rings. The SMILES string of the molecule is O=C(N1CCCC1)N1CCCC(OCc2noc(C3CCOCC3)n2)C1. The highest BCUT2D eigenvalue weighted by atomic mass is 16.5. The van der Waals surface area contributed by atoms with Crippen molar-refractivity contribution in [2.75, 3.05) is 39.4 Å². The van der Waals surface area contributed by atoms with Crippen LogP contribution < -0.4 is 0 Å². The van der Waals surface area contributed by atoms with Gasteiger partial charge in [0.1, 0.15) is 6.61 Å². The van der Waals surface area contributed by atoms with Gasteiger partial charge < -0.3 is 23.8 Å². The summed E-state index contributed by atoms with van der Waals surface area (Å²) in [6, 6.07) is 0.164. The molecule has 0 radical (unpaired) electrons. The van der Waals surface area contributed by atoms with Gasteiger partial charge in [0, 0.05) is 45.3 Å². The van der Waals surface area contributed by atoms with Gasteiger partial charge in [-0.05, 0) is 38.5 Å². The van der Waals surface area contributed by atoms with Gasteiger partial charge in [-0.1, -0.05) is 5.16 Å². The molecule has 144 valence electrons. The van der Waals surface area contributed by atoms with Gasteiger partial charge in [0.2, 0.25) is 5.89 Å². The molecule has 0 N–H and O–H groups in total. The molecule has 1 aromatic rings. The summed E-state index contributed by atoms with van der Waals surface area (Å²) in [5.41, 5.74) is 0. The maximum atomic E-state index is 12.5. The van der Waals surface area contributed by atoms with Crippen LogP contribution >= 0.6 is 0 Å². The quantitative estimate of drug-likeness (QED) is 0.814. The van der Waals surface area contributed by atoms with E-state index in [4.69, 9.17) is 14.0 Å². The summed E-state index contributed by atoms with van der Waals surface area (Å²) in [4.78, 5) is 20.9. The second kappa shape index (κ2) is 8.35. The molecule has 3 aliphatic heterocycles. The highest BCUT2D eigenvalue weighted by Crippen LogP contribution is 2.25. The van der Waals surface area contributed by atoms with E-state index in [0.717, 1.165) is 71.4 Å². The van der Waals surface area contributed by atoms with Gasteiger partial charge in [-0.15, -0.1) is 0 Å². The predicted molar refractivity (Wildman–Crippen MR) is 92.7 cm³/mol. The van der Waals surface area contributed by atoms with E-state index in [-0.39, 0.29) is 12.1 Å². The molecule has 0 aromatic carbocycles. The Morgan fingerprint density at radius 2 is 1.85 bits per heavy atom. The minimum Gasteiger partial charge on any atom is -0.381 e. The number of carbonyl (C=O) groups is 1. The average molecular weight is 364 g/mol. The Morgan fingerprint density at radius 3 is 2.65 bits per heavy atom. The van der Waals surface area contributed by atoms with E-state index in [0.29, 0.717) is 30.8 Å². The number of nitrogens with zero attached hydrogens (tertiary/aromatic N) is 4. The average Bonchev–Trinajstić information content (AvgIpc) is 3.39. The fourth-order valence-corrected chi connectivity index (χ4v) is 3.99. The number of urea groups is 1. The number of hydrogen-bond donors (Lipinski definition) is 0. The monoisotopic (exact) mass is 364 g/mol. The van der Waals surface area contributed by atoms with Crippen LogP contribution in [0.4, 0.5) is 4.79 Å². The first-order valence-electron chi connectivity index (χ1n) is 9.85. The molecule has 1 unspecified atom stereocenters. The van der Waals surface area contributed by atoms with E-state index in [1.54, 1.807) is 0 Å². The number of carbonyl (C=O) groups excluding carboxylic acids is 1. The van der Waals surface area contributed by atoms with Crippen LogP contribution in [0.5, 0.6) is 0 Å². The number of piperidine rings is 1. The van der Waals surface area contributed by atoms with Crippen LogP contribution in [0.2, 0.25) is 0 Å². The summed E-state index contributed by atoms with van der Waals surface area (Å²) in [5, 5.41) is 4.05. The van der Waals surface area contributed by atoms with Crippen LogP contribution in [0, 0.1) is 0 Å². The Kier molecular flexibility index (Phi) is 5.69. The third-order valence-corrected chi connectivity index (χ3v) is 5.53. The maximum Gasteiger partial charge on any atom is 0.320 e. The lowest BCUT2D eigenvalue weighted by atomic mass is 10.0. The molecule has 2 amide bonds. The Bertz CT molecular complexity index is 596. The van der Waals surface area contributed by atoms with Gasteiger partial charge in [-0.2, -0.15) is 4.98 Å². The molecule has 3 saturated heterocycles. The Morgan fingerprint density at radius 1 is 1.08 bits per heavy atom. The zero-order valence-corrected chi connectivity index (χ0v) is 15.3. The van der Waals surface area contributed by atoms with Gasteiger partial charge in [0.15, 0.2) is 5.82 Å². The molecule has 0 saturated carbocycles. The Balaban J connectivity index is 1.26. The molecule has 4 rings (SSSR count). The lowest BCUT2D eigenvalue weighted by Crippen LogP contribution is -2.48. The van der Waals surface area contributed by atoms with Crippen LogP contribution in [0.25, 0.3) is 0 Å².